The fourth-order valence-electron chi connectivity index (χ4n) is 6.24. The molecular weight excluding hydrogens is 476 g/mol. The first-order valence-electron chi connectivity index (χ1n) is 14.8. The monoisotopic (exact) mass is 518 g/mol. The summed E-state index contributed by atoms with van der Waals surface area (Å²) in [6, 6.07) is 26.9. The molecule has 39 heavy (non-hydrogen) atoms. The Morgan fingerprint density at radius 3 is 2.26 bits per heavy atom. The van der Waals surface area contributed by atoms with Gasteiger partial charge >= 0.3 is 0 Å². The first-order valence-corrected chi connectivity index (χ1v) is 14.8. The smallest absolute Gasteiger partial charge is 0.118 e. The normalized spacial score (nSPS) is 14.7. The number of pyridine rings is 1. The molecule has 0 saturated heterocycles. The van der Waals surface area contributed by atoms with Gasteiger partial charge in [0, 0.05) is 17.2 Å². The number of nitrogens with one attached hydrogen (secondary N) is 1. The van der Waals surface area contributed by atoms with E-state index in [4.69, 9.17) is 9.72 Å². The van der Waals surface area contributed by atoms with Gasteiger partial charge in [-0.2, -0.15) is 0 Å². The van der Waals surface area contributed by atoms with Gasteiger partial charge in [0.15, 0.2) is 0 Å². The Balaban J connectivity index is 1.54. The van der Waals surface area contributed by atoms with E-state index in [0.717, 1.165) is 54.9 Å². The fourth-order valence-corrected chi connectivity index (χ4v) is 6.24. The zero-order valence-electron chi connectivity index (χ0n) is 24.0. The summed E-state index contributed by atoms with van der Waals surface area (Å²) in [5, 5.41) is 3.91. The molecule has 3 aromatic carbocycles. The first-order chi connectivity index (χ1) is 19.2. The van der Waals surface area contributed by atoms with Crippen molar-refractivity contribution in [2.45, 2.75) is 71.8 Å². The van der Waals surface area contributed by atoms with Crippen LogP contribution in [0.25, 0.3) is 22.5 Å². The average Bonchev–Trinajstić information content (AvgIpc) is 3.00. The van der Waals surface area contributed by atoms with Crippen molar-refractivity contribution in [1.82, 2.24) is 10.3 Å². The average molecular weight is 519 g/mol. The van der Waals surface area contributed by atoms with E-state index in [0.29, 0.717) is 6.04 Å². The van der Waals surface area contributed by atoms with Crippen LogP contribution in [0.2, 0.25) is 0 Å². The van der Waals surface area contributed by atoms with E-state index in [2.05, 4.69) is 86.8 Å². The van der Waals surface area contributed by atoms with Gasteiger partial charge < -0.3 is 10.1 Å². The van der Waals surface area contributed by atoms with Crippen LogP contribution < -0.4 is 10.1 Å². The zero-order valence-corrected chi connectivity index (χ0v) is 24.0. The molecule has 0 fully saturated rings. The van der Waals surface area contributed by atoms with Gasteiger partial charge in [0.2, 0.25) is 0 Å². The van der Waals surface area contributed by atoms with Crippen LogP contribution >= 0.6 is 0 Å². The van der Waals surface area contributed by atoms with Crippen molar-refractivity contribution >= 4 is 0 Å². The van der Waals surface area contributed by atoms with Crippen LogP contribution in [0.5, 0.6) is 5.75 Å². The van der Waals surface area contributed by atoms with Crippen LogP contribution in [0, 0.1) is 0 Å². The number of methoxy groups -OCH3 is 1. The Bertz CT molecular complexity index is 1380. The van der Waals surface area contributed by atoms with E-state index < -0.39 is 0 Å². The number of aryl methyl sites for hydroxylation is 4. The highest BCUT2D eigenvalue weighted by atomic mass is 16.5. The number of nitrogens with zero attached hydrogens (tertiary/aromatic N) is 1. The van der Waals surface area contributed by atoms with Crippen molar-refractivity contribution in [3.63, 3.8) is 0 Å². The van der Waals surface area contributed by atoms with Crippen molar-refractivity contribution in [1.29, 1.82) is 0 Å². The number of hydrogen-bond donors (Lipinski definition) is 1. The van der Waals surface area contributed by atoms with Gasteiger partial charge in [0.1, 0.15) is 5.75 Å². The Labute approximate surface area is 234 Å². The molecule has 3 heteroatoms. The van der Waals surface area contributed by atoms with Crippen LogP contribution in [0.3, 0.4) is 0 Å². The molecule has 1 atom stereocenters. The van der Waals surface area contributed by atoms with Gasteiger partial charge in [-0.15, -0.1) is 0 Å². The van der Waals surface area contributed by atoms with Gasteiger partial charge in [-0.1, -0.05) is 63.2 Å². The number of hydrogen-bond acceptors (Lipinski definition) is 3. The molecule has 4 aromatic rings. The summed E-state index contributed by atoms with van der Waals surface area (Å²) in [5.74, 6) is 0.870. The summed E-state index contributed by atoms with van der Waals surface area (Å²) in [6.45, 7) is 7.69. The molecule has 0 spiro atoms. The van der Waals surface area contributed by atoms with E-state index in [1.807, 2.05) is 12.1 Å². The molecule has 0 radical (unpaired) electrons. The van der Waals surface area contributed by atoms with Gasteiger partial charge in [-0.25, -0.2) is 4.98 Å². The molecule has 0 bridgehead atoms. The lowest BCUT2D eigenvalue weighted by Gasteiger charge is -2.27. The van der Waals surface area contributed by atoms with E-state index in [-0.39, 0.29) is 0 Å². The third-order valence-corrected chi connectivity index (χ3v) is 8.35. The maximum atomic E-state index is 5.46. The second-order valence-electron chi connectivity index (χ2n) is 10.6. The standard InChI is InChI=1S/C36H42N2O/c1-5-25-13-10-14-26(6-2)35(25)34-24-27(7-3)32(36(38-34)29-18-20-30(39-4)21-19-29)22-23-37-33-17-11-15-28-12-8-9-16-31(28)33/h8-10,12-14,16,18-21,24,33,37H,5-7,11,15,17,22-23H2,1-4H3/t33-/m0/s1. The summed E-state index contributed by atoms with van der Waals surface area (Å²) in [5.41, 5.74) is 13.1. The molecule has 1 heterocycles. The van der Waals surface area contributed by atoms with E-state index in [1.165, 1.54) is 58.2 Å². The Kier molecular flexibility index (Phi) is 8.78. The fraction of sp³-hybridized carbons (Fsp3) is 0.361. The Morgan fingerprint density at radius 2 is 1.56 bits per heavy atom. The highest BCUT2D eigenvalue weighted by Crippen LogP contribution is 2.35. The lowest BCUT2D eigenvalue weighted by Crippen LogP contribution is -2.27. The lowest BCUT2D eigenvalue weighted by molar-refractivity contribution is 0.415. The first kappa shape index (κ1) is 27.1. The molecule has 0 aliphatic heterocycles. The minimum Gasteiger partial charge on any atom is -0.497 e. The summed E-state index contributed by atoms with van der Waals surface area (Å²) in [6.07, 6.45) is 7.58. The number of benzene rings is 3. The van der Waals surface area contributed by atoms with E-state index >= 15 is 0 Å². The topological polar surface area (TPSA) is 34.1 Å². The molecule has 0 amide bonds. The number of fused-ring (bicyclic) bond motifs is 1. The lowest BCUT2D eigenvalue weighted by atomic mass is 9.87. The van der Waals surface area contributed by atoms with Gasteiger partial charge in [-0.05, 0) is 115 Å². The SMILES string of the molecule is CCc1cc(-c2c(CC)cccc2CC)nc(-c2ccc(OC)cc2)c1CCN[C@H]1CCCc2ccccc21. The molecule has 5 rings (SSSR count). The summed E-state index contributed by atoms with van der Waals surface area (Å²) in [7, 11) is 1.72. The molecule has 1 aliphatic carbocycles. The largest absolute Gasteiger partial charge is 0.497 e. The van der Waals surface area contributed by atoms with Crippen molar-refractivity contribution in [2.75, 3.05) is 13.7 Å². The van der Waals surface area contributed by atoms with Crippen LogP contribution in [0.15, 0.2) is 72.8 Å². The predicted octanol–water partition coefficient (Wildman–Crippen LogP) is 8.32. The second kappa shape index (κ2) is 12.6. The minimum atomic E-state index is 0.431. The van der Waals surface area contributed by atoms with Gasteiger partial charge in [-0.3, -0.25) is 0 Å². The second-order valence-corrected chi connectivity index (χ2v) is 10.6. The van der Waals surface area contributed by atoms with Crippen LogP contribution in [0.4, 0.5) is 0 Å². The maximum absolute atomic E-state index is 5.46. The molecular formula is C36H42N2O. The molecule has 0 saturated carbocycles. The Hall–Kier alpha value is -3.43. The minimum absolute atomic E-state index is 0.431. The van der Waals surface area contributed by atoms with Crippen molar-refractivity contribution in [3.8, 4) is 28.3 Å². The highest BCUT2D eigenvalue weighted by Gasteiger charge is 2.21. The van der Waals surface area contributed by atoms with Gasteiger partial charge in [0.05, 0.1) is 18.5 Å². The summed E-state index contributed by atoms with van der Waals surface area (Å²) >= 11 is 0. The van der Waals surface area contributed by atoms with Crippen molar-refractivity contribution in [2.24, 2.45) is 0 Å². The molecule has 3 nitrogen and oxygen atoms in total. The quantitative estimate of drug-likeness (QED) is 0.229. The zero-order chi connectivity index (χ0) is 27.2. The third-order valence-electron chi connectivity index (χ3n) is 8.35. The van der Waals surface area contributed by atoms with Crippen LogP contribution in [-0.4, -0.2) is 18.6 Å². The molecule has 1 N–H and O–H groups in total. The van der Waals surface area contributed by atoms with Crippen molar-refractivity contribution in [3.05, 3.63) is 106 Å². The maximum Gasteiger partial charge on any atom is 0.118 e. The number of aromatic nitrogens is 1. The molecule has 1 aromatic heterocycles. The molecule has 202 valence electrons. The highest BCUT2D eigenvalue weighted by molar-refractivity contribution is 5.74. The summed E-state index contributed by atoms with van der Waals surface area (Å²) < 4.78 is 5.46. The van der Waals surface area contributed by atoms with Crippen LogP contribution in [-0.2, 0) is 32.1 Å². The molecule has 1 aliphatic rings. The number of ether oxygens (including phenoxy) is 1. The number of rotatable bonds is 10. The van der Waals surface area contributed by atoms with Gasteiger partial charge in [0.25, 0.3) is 0 Å². The Morgan fingerprint density at radius 1 is 0.846 bits per heavy atom. The van der Waals surface area contributed by atoms with E-state index in [9.17, 15) is 0 Å². The predicted molar refractivity (Wildman–Crippen MR) is 164 cm³/mol. The summed E-state index contributed by atoms with van der Waals surface area (Å²) in [4.78, 5) is 5.43. The third kappa shape index (κ3) is 5.79. The van der Waals surface area contributed by atoms with Crippen molar-refractivity contribution < 1.29 is 4.74 Å². The molecule has 0 unspecified atom stereocenters. The van der Waals surface area contributed by atoms with E-state index in [1.54, 1.807) is 7.11 Å². The van der Waals surface area contributed by atoms with Crippen LogP contribution in [0.1, 0.15) is 73.0 Å².